The fourth-order valence-electron chi connectivity index (χ4n) is 2.32. The Kier molecular flexibility index (Phi) is 6.06. The van der Waals surface area contributed by atoms with Gasteiger partial charge in [-0.15, -0.1) is 0 Å². The van der Waals surface area contributed by atoms with Crippen LogP contribution in [0.25, 0.3) is 0 Å². The summed E-state index contributed by atoms with van der Waals surface area (Å²) < 4.78 is 5.39. The van der Waals surface area contributed by atoms with Crippen LogP contribution in [0.15, 0.2) is 24.3 Å². The summed E-state index contributed by atoms with van der Waals surface area (Å²) in [6.07, 6.45) is 2.89. The fraction of sp³-hybridized carbons (Fsp3) is 0.500. The number of hydrogen-bond acceptors (Lipinski definition) is 4. The Morgan fingerprint density at radius 3 is 2.82 bits per heavy atom. The van der Waals surface area contributed by atoms with Gasteiger partial charge in [-0.3, -0.25) is 9.59 Å². The van der Waals surface area contributed by atoms with Crippen LogP contribution in [0.4, 0.5) is 5.69 Å². The van der Waals surface area contributed by atoms with Crippen LogP contribution in [0.2, 0.25) is 0 Å². The monoisotopic (exact) mass is 305 g/mol. The molecule has 0 radical (unpaired) electrons. The Morgan fingerprint density at radius 1 is 1.32 bits per heavy atom. The van der Waals surface area contributed by atoms with Crippen LogP contribution < -0.4 is 20.7 Å². The van der Waals surface area contributed by atoms with Gasteiger partial charge in [-0.25, -0.2) is 0 Å². The van der Waals surface area contributed by atoms with E-state index in [0.29, 0.717) is 12.3 Å². The van der Waals surface area contributed by atoms with Gasteiger partial charge in [0.05, 0.1) is 0 Å². The molecule has 1 fully saturated rings. The van der Waals surface area contributed by atoms with Crippen molar-refractivity contribution >= 4 is 17.5 Å². The van der Waals surface area contributed by atoms with Crippen LogP contribution in [0, 0.1) is 0 Å². The highest BCUT2D eigenvalue weighted by Gasteiger charge is 2.19. The number of nitrogens with one attached hydrogen (secondary N) is 3. The molecule has 0 bridgehead atoms. The van der Waals surface area contributed by atoms with Crippen molar-refractivity contribution in [2.75, 3.05) is 25.0 Å². The number of hydrogen-bond donors (Lipinski definition) is 3. The van der Waals surface area contributed by atoms with Crippen molar-refractivity contribution in [1.82, 2.24) is 10.6 Å². The molecular weight excluding hydrogens is 282 g/mol. The van der Waals surface area contributed by atoms with Crippen molar-refractivity contribution in [3.63, 3.8) is 0 Å². The predicted molar refractivity (Wildman–Crippen MR) is 84.9 cm³/mol. The third-order valence-electron chi connectivity index (χ3n) is 3.47. The van der Waals surface area contributed by atoms with Crippen molar-refractivity contribution in [2.45, 2.75) is 32.2 Å². The van der Waals surface area contributed by atoms with Gasteiger partial charge in [-0.05, 0) is 50.5 Å². The van der Waals surface area contributed by atoms with Gasteiger partial charge in [0, 0.05) is 18.8 Å². The van der Waals surface area contributed by atoms with E-state index in [2.05, 4.69) is 16.0 Å². The largest absolute Gasteiger partial charge is 0.484 e. The summed E-state index contributed by atoms with van der Waals surface area (Å²) in [7, 11) is 0. The Morgan fingerprint density at radius 2 is 2.09 bits per heavy atom. The summed E-state index contributed by atoms with van der Waals surface area (Å²) >= 11 is 0. The van der Waals surface area contributed by atoms with Gasteiger partial charge in [0.2, 0.25) is 5.91 Å². The molecule has 22 heavy (non-hydrogen) atoms. The van der Waals surface area contributed by atoms with Gasteiger partial charge in [-0.1, -0.05) is 0 Å². The topological polar surface area (TPSA) is 79.5 Å². The van der Waals surface area contributed by atoms with Gasteiger partial charge < -0.3 is 20.7 Å². The molecular formula is C16H23N3O3. The second-order valence-corrected chi connectivity index (χ2v) is 5.25. The zero-order valence-corrected chi connectivity index (χ0v) is 12.9. The molecule has 1 saturated heterocycles. The minimum absolute atomic E-state index is 0.00560. The number of rotatable bonds is 6. The summed E-state index contributed by atoms with van der Waals surface area (Å²) in [5.41, 5.74) is 0.868. The summed E-state index contributed by atoms with van der Waals surface area (Å²) in [6, 6.07) is 7.09. The van der Waals surface area contributed by atoms with Crippen molar-refractivity contribution in [1.29, 1.82) is 0 Å². The lowest BCUT2D eigenvalue weighted by atomic mass is 10.1. The molecule has 6 heteroatoms. The lowest BCUT2D eigenvalue weighted by Crippen LogP contribution is -2.37. The Labute approximate surface area is 130 Å². The van der Waals surface area contributed by atoms with Crippen molar-refractivity contribution < 1.29 is 14.3 Å². The number of carbonyl (C=O) groups excluding carboxylic acids is 2. The van der Waals surface area contributed by atoms with Crippen LogP contribution in [0.3, 0.4) is 0 Å². The van der Waals surface area contributed by atoms with E-state index in [1.54, 1.807) is 12.1 Å². The van der Waals surface area contributed by atoms with E-state index in [4.69, 9.17) is 4.74 Å². The van der Waals surface area contributed by atoms with Crippen LogP contribution in [0.5, 0.6) is 5.75 Å². The highest BCUT2D eigenvalue weighted by Crippen LogP contribution is 2.18. The standard InChI is InChI=1S/C16H23N3O3/c1-2-17-15(20)11-22-13-8-6-12(7-9-13)19-14-5-3-4-10-18-16(14)21/h6-9,14,19H,2-5,10-11H2,1H3,(H,17,20)(H,18,21). The molecule has 1 aromatic rings. The molecule has 3 N–H and O–H groups in total. The van der Waals surface area contributed by atoms with E-state index in [-0.39, 0.29) is 24.5 Å². The zero-order chi connectivity index (χ0) is 15.8. The second-order valence-electron chi connectivity index (χ2n) is 5.25. The Hall–Kier alpha value is -2.24. The van der Waals surface area contributed by atoms with Gasteiger partial charge in [-0.2, -0.15) is 0 Å². The van der Waals surface area contributed by atoms with Gasteiger partial charge in [0.15, 0.2) is 6.61 Å². The van der Waals surface area contributed by atoms with Crippen LogP contribution >= 0.6 is 0 Å². The molecule has 1 atom stereocenters. The van der Waals surface area contributed by atoms with Gasteiger partial charge in [0.1, 0.15) is 11.8 Å². The average Bonchev–Trinajstić information content (AvgIpc) is 2.72. The molecule has 120 valence electrons. The maximum atomic E-state index is 11.9. The maximum Gasteiger partial charge on any atom is 0.257 e. The number of ether oxygens (including phenoxy) is 1. The quantitative estimate of drug-likeness (QED) is 0.740. The molecule has 1 aliphatic heterocycles. The fourth-order valence-corrected chi connectivity index (χ4v) is 2.32. The first-order valence-electron chi connectivity index (χ1n) is 7.73. The number of benzene rings is 1. The van der Waals surface area contributed by atoms with Gasteiger partial charge in [0.25, 0.3) is 5.91 Å². The molecule has 2 amide bonds. The Bertz CT molecular complexity index is 502. The number of likely N-dealkylation sites (N-methyl/N-ethyl adjacent to an activating group) is 1. The molecule has 0 saturated carbocycles. The van der Waals surface area contributed by atoms with E-state index < -0.39 is 0 Å². The maximum absolute atomic E-state index is 11.9. The molecule has 1 unspecified atom stereocenters. The molecule has 1 aromatic carbocycles. The zero-order valence-electron chi connectivity index (χ0n) is 12.9. The van der Waals surface area contributed by atoms with E-state index in [9.17, 15) is 9.59 Å². The summed E-state index contributed by atoms with van der Waals surface area (Å²) in [5, 5.41) is 8.81. The number of anilines is 1. The SMILES string of the molecule is CCNC(=O)COc1ccc(NC2CCCCNC2=O)cc1. The first-order valence-corrected chi connectivity index (χ1v) is 7.73. The third-order valence-corrected chi connectivity index (χ3v) is 3.47. The van der Waals surface area contributed by atoms with Gasteiger partial charge >= 0.3 is 0 Å². The smallest absolute Gasteiger partial charge is 0.257 e. The van der Waals surface area contributed by atoms with E-state index in [0.717, 1.165) is 31.5 Å². The first kappa shape index (κ1) is 16.1. The molecule has 1 aliphatic rings. The minimum atomic E-state index is -0.190. The van der Waals surface area contributed by atoms with Crippen molar-refractivity contribution in [3.8, 4) is 5.75 Å². The molecule has 1 heterocycles. The van der Waals surface area contributed by atoms with Crippen molar-refractivity contribution in [2.24, 2.45) is 0 Å². The summed E-state index contributed by atoms with van der Waals surface area (Å²) in [6.45, 7) is 3.21. The third kappa shape index (κ3) is 4.95. The normalized spacial score (nSPS) is 18.0. The number of carbonyl (C=O) groups is 2. The minimum Gasteiger partial charge on any atom is -0.484 e. The van der Waals surface area contributed by atoms with Crippen LogP contribution in [0.1, 0.15) is 26.2 Å². The van der Waals surface area contributed by atoms with E-state index in [1.165, 1.54) is 0 Å². The Balaban J connectivity index is 1.85. The van der Waals surface area contributed by atoms with Crippen LogP contribution in [-0.2, 0) is 9.59 Å². The number of amides is 2. The molecule has 0 aliphatic carbocycles. The van der Waals surface area contributed by atoms with E-state index >= 15 is 0 Å². The molecule has 0 spiro atoms. The molecule has 2 rings (SSSR count). The van der Waals surface area contributed by atoms with E-state index in [1.807, 2.05) is 19.1 Å². The average molecular weight is 305 g/mol. The highest BCUT2D eigenvalue weighted by atomic mass is 16.5. The predicted octanol–water partition coefficient (Wildman–Crippen LogP) is 1.28. The van der Waals surface area contributed by atoms with Crippen molar-refractivity contribution in [3.05, 3.63) is 24.3 Å². The highest BCUT2D eigenvalue weighted by molar-refractivity contribution is 5.84. The summed E-state index contributed by atoms with van der Waals surface area (Å²) in [5.74, 6) is 0.538. The lowest BCUT2D eigenvalue weighted by molar-refractivity contribution is -0.123. The molecule has 0 aromatic heterocycles. The first-order chi connectivity index (χ1) is 10.7. The lowest BCUT2D eigenvalue weighted by Gasteiger charge is -2.16. The second kappa shape index (κ2) is 8.26. The van der Waals surface area contributed by atoms with Crippen LogP contribution in [-0.4, -0.2) is 37.6 Å². The molecule has 6 nitrogen and oxygen atoms in total. The summed E-state index contributed by atoms with van der Waals surface area (Å²) in [4.78, 5) is 23.2.